The van der Waals surface area contributed by atoms with Crippen molar-refractivity contribution in [2.24, 2.45) is 5.92 Å². The molecular weight excluding hydrogens is 304 g/mol. The minimum absolute atomic E-state index is 0.0192. The average molecular weight is 329 g/mol. The second-order valence-corrected chi connectivity index (χ2v) is 9.77. The fourth-order valence-electron chi connectivity index (χ4n) is 2.38. The Hall–Kier alpha value is -0.430. The standard InChI is InChI=1S/C15H24N2O2S2/c1-11(2)17(10-12-3-4-12)21(18,19)15-8-7-14(20-15)9-16-13-5-6-13/h7-8,11-13,16H,3-6,9-10H2,1-2H3. The molecule has 1 aromatic heterocycles. The molecule has 0 aliphatic heterocycles. The molecule has 2 saturated carbocycles. The van der Waals surface area contributed by atoms with Gasteiger partial charge in [0.25, 0.3) is 10.0 Å². The molecule has 1 aromatic rings. The molecule has 0 aromatic carbocycles. The van der Waals surface area contributed by atoms with Crippen molar-refractivity contribution in [1.82, 2.24) is 9.62 Å². The summed E-state index contributed by atoms with van der Waals surface area (Å²) in [5, 5.41) is 3.43. The van der Waals surface area contributed by atoms with Gasteiger partial charge in [-0.25, -0.2) is 8.42 Å². The lowest BCUT2D eigenvalue weighted by Gasteiger charge is -2.25. The Balaban J connectivity index is 1.72. The van der Waals surface area contributed by atoms with Crippen molar-refractivity contribution < 1.29 is 8.42 Å². The van der Waals surface area contributed by atoms with Crippen LogP contribution in [0.15, 0.2) is 16.3 Å². The van der Waals surface area contributed by atoms with Crippen LogP contribution in [0.2, 0.25) is 0 Å². The van der Waals surface area contributed by atoms with E-state index in [2.05, 4.69) is 5.32 Å². The van der Waals surface area contributed by atoms with Gasteiger partial charge in [0.2, 0.25) is 0 Å². The van der Waals surface area contributed by atoms with Crippen LogP contribution in [-0.2, 0) is 16.6 Å². The van der Waals surface area contributed by atoms with Gasteiger partial charge in [-0.05, 0) is 57.6 Å². The lowest BCUT2D eigenvalue weighted by molar-refractivity contribution is 0.342. The third-order valence-electron chi connectivity index (χ3n) is 4.05. The Bertz CT molecular complexity index is 587. The van der Waals surface area contributed by atoms with Crippen molar-refractivity contribution in [3.63, 3.8) is 0 Å². The summed E-state index contributed by atoms with van der Waals surface area (Å²) in [5.74, 6) is 0.568. The van der Waals surface area contributed by atoms with Crippen molar-refractivity contribution in [2.75, 3.05) is 6.54 Å². The number of nitrogens with zero attached hydrogens (tertiary/aromatic N) is 1. The lowest BCUT2D eigenvalue weighted by Crippen LogP contribution is -2.38. The summed E-state index contributed by atoms with van der Waals surface area (Å²) >= 11 is 1.41. The van der Waals surface area contributed by atoms with E-state index in [1.165, 1.54) is 37.0 Å². The Kier molecular flexibility index (Phi) is 4.41. The Morgan fingerprint density at radius 1 is 1.29 bits per heavy atom. The maximum Gasteiger partial charge on any atom is 0.252 e. The Morgan fingerprint density at radius 3 is 2.57 bits per heavy atom. The lowest BCUT2D eigenvalue weighted by atomic mass is 10.3. The van der Waals surface area contributed by atoms with Crippen LogP contribution in [0, 0.1) is 5.92 Å². The first kappa shape index (κ1) is 15.5. The number of hydrogen-bond acceptors (Lipinski definition) is 4. The molecule has 0 saturated heterocycles. The molecule has 2 fully saturated rings. The van der Waals surface area contributed by atoms with Crippen LogP contribution >= 0.6 is 11.3 Å². The molecular formula is C15H24N2O2S2. The van der Waals surface area contributed by atoms with E-state index < -0.39 is 10.0 Å². The molecule has 0 amide bonds. The van der Waals surface area contributed by atoms with Gasteiger partial charge in [0.05, 0.1) is 0 Å². The highest BCUT2D eigenvalue weighted by atomic mass is 32.2. The van der Waals surface area contributed by atoms with Crippen LogP contribution in [0.25, 0.3) is 0 Å². The van der Waals surface area contributed by atoms with Gasteiger partial charge in [-0.2, -0.15) is 4.31 Å². The van der Waals surface area contributed by atoms with Gasteiger partial charge >= 0.3 is 0 Å². The van der Waals surface area contributed by atoms with Crippen molar-refractivity contribution in [3.8, 4) is 0 Å². The molecule has 0 spiro atoms. The van der Waals surface area contributed by atoms with Crippen molar-refractivity contribution >= 4 is 21.4 Å². The van der Waals surface area contributed by atoms with Gasteiger partial charge < -0.3 is 5.32 Å². The van der Waals surface area contributed by atoms with Crippen molar-refractivity contribution in [3.05, 3.63) is 17.0 Å². The minimum atomic E-state index is -3.33. The topological polar surface area (TPSA) is 49.4 Å². The smallest absolute Gasteiger partial charge is 0.252 e. The maximum atomic E-state index is 12.8. The fraction of sp³-hybridized carbons (Fsp3) is 0.733. The third kappa shape index (κ3) is 3.86. The molecule has 1 N–H and O–H groups in total. The number of rotatable bonds is 8. The molecule has 118 valence electrons. The quantitative estimate of drug-likeness (QED) is 0.798. The molecule has 6 heteroatoms. The summed E-state index contributed by atoms with van der Waals surface area (Å²) in [6.07, 6.45) is 4.83. The van der Waals surface area contributed by atoms with Gasteiger partial charge in [0.15, 0.2) is 0 Å². The summed E-state index contributed by atoms with van der Waals surface area (Å²) in [7, 11) is -3.33. The van der Waals surface area contributed by atoms with E-state index in [0.29, 0.717) is 22.7 Å². The molecule has 0 radical (unpaired) electrons. The highest BCUT2D eigenvalue weighted by Crippen LogP contribution is 2.34. The summed E-state index contributed by atoms with van der Waals surface area (Å²) < 4.78 is 27.8. The van der Waals surface area contributed by atoms with Gasteiger partial charge in [-0.3, -0.25) is 0 Å². The number of thiophene rings is 1. The zero-order valence-corrected chi connectivity index (χ0v) is 14.3. The van der Waals surface area contributed by atoms with E-state index in [9.17, 15) is 8.42 Å². The van der Waals surface area contributed by atoms with Crippen LogP contribution in [0.3, 0.4) is 0 Å². The predicted octanol–water partition coefficient (Wildman–Crippen LogP) is 2.81. The van der Waals surface area contributed by atoms with Gasteiger partial charge in [-0.1, -0.05) is 0 Å². The van der Waals surface area contributed by atoms with Crippen LogP contribution in [0.5, 0.6) is 0 Å². The molecule has 4 nitrogen and oxygen atoms in total. The molecule has 0 bridgehead atoms. The van der Waals surface area contributed by atoms with E-state index in [1.807, 2.05) is 19.9 Å². The van der Waals surface area contributed by atoms with Crippen LogP contribution in [0.1, 0.15) is 44.4 Å². The van der Waals surface area contributed by atoms with Crippen LogP contribution in [0.4, 0.5) is 0 Å². The monoisotopic (exact) mass is 328 g/mol. The Morgan fingerprint density at radius 2 is 2.00 bits per heavy atom. The molecule has 2 aliphatic rings. The van der Waals surface area contributed by atoms with Gasteiger partial charge in [0.1, 0.15) is 4.21 Å². The number of sulfonamides is 1. The van der Waals surface area contributed by atoms with Gasteiger partial charge in [-0.15, -0.1) is 11.3 Å². The first-order chi connectivity index (χ1) is 9.96. The second-order valence-electron chi connectivity index (χ2n) is 6.49. The summed E-state index contributed by atoms with van der Waals surface area (Å²) in [6, 6.07) is 4.38. The fourth-order valence-corrected chi connectivity index (χ4v) is 5.53. The Labute approximate surface area is 131 Å². The molecule has 0 unspecified atom stereocenters. The normalized spacial score (nSPS) is 19.6. The SMILES string of the molecule is CC(C)N(CC1CC1)S(=O)(=O)c1ccc(CNC2CC2)s1. The van der Waals surface area contributed by atoms with E-state index in [-0.39, 0.29) is 6.04 Å². The summed E-state index contributed by atoms with van der Waals surface area (Å²) in [5.41, 5.74) is 0. The van der Waals surface area contributed by atoms with Crippen LogP contribution in [-0.4, -0.2) is 31.4 Å². The third-order valence-corrected chi connectivity index (χ3v) is 7.65. The average Bonchev–Trinajstić information content (AvgIpc) is 3.34. The largest absolute Gasteiger partial charge is 0.309 e. The molecule has 21 heavy (non-hydrogen) atoms. The highest BCUT2D eigenvalue weighted by Gasteiger charge is 2.34. The van der Waals surface area contributed by atoms with E-state index in [0.717, 1.165) is 11.4 Å². The first-order valence-electron chi connectivity index (χ1n) is 7.81. The zero-order chi connectivity index (χ0) is 15.0. The highest BCUT2D eigenvalue weighted by molar-refractivity contribution is 7.91. The summed E-state index contributed by atoms with van der Waals surface area (Å²) in [4.78, 5) is 1.11. The van der Waals surface area contributed by atoms with Crippen molar-refractivity contribution in [1.29, 1.82) is 0 Å². The first-order valence-corrected chi connectivity index (χ1v) is 10.1. The molecule has 0 atom stereocenters. The zero-order valence-electron chi connectivity index (χ0n) is 12.7. The minimum Gasteiger partial charge on any atom is -0.309 e. The number of hydrogen-bond donors (Lipinski definition) is 1. The molecule has 3 rings (SSSR count). The van der Waals surface area contributed by atoms with E-state index in [1.54, 1.807) is 10.4 Å². The summed E-state index contributed by atoms with van der Waals surface area (Å²) in [6.45, 7) is 5.38. The van der Waals surface area contributed by atoms with Crippen molar-refractivity contribution in [2.45, 2.75) is 62.4 Å². The molecule has 2 aliphatic carbocycles. The maximum absolute atomic E-state index is 12.8. The molecule has 1 heterocycles. The predicted molar refractivity (Wildman–Crippen MR) is 85.9 cm³/mol. The van der Waals surface area contributed by atoms with E-state index >= 15 is 0 Å². The van der Waals surface area contributed by atoms with Gasteiger partial charge in [0, 0.05) is 30.1 Å². The van der Waals surface area contributed by atoms with Crippen LogP contribution < -0.4 is 5.32 Å². The van der Waals surface area contributed by atoms with E-state index in [4.69, 9.17) is 0 Å². The number of nitrogens with one attached hydrogen (secondary N) is 1. The second kappa shape index (κ2) is 5.99.